The molecule has 0 radical (unpaired) electrons. The second-order valence-corrected chi connectivity index (χ2v) is 5.70. The van der Waals surface area contributed by atoms with Gasteiger partial charge in [0.1, 0.15) is 0 Å². The third-order valence-electron chi connectivity index (χ3n) is 2.93. The van der Waals surface area contributed by atoms with E-state index >= 15 is 0 Å². The zero-order valence-corrected chi connectivity index (χ0v) is 9.92. The van der Waals surface area contributed by atoms with Gasteiger partial charge in [-0.25, -0.2) is 0 Å². The summed E-state index contributed by atoms with van der Waals surface area (Å²) in [6, 6.07) is 0. The van der Waals surface area contributed by atoms with Crippen molar-refractivity contribution < 1.29 is 9.84 Å². The van der Waals surface area contributed by atoms with Crippen LogP contribution in [0.2, 0.25) is 0 Å². The van der Waals surface area contributed by atoms with E-state index in [1.807, 2.05) is 0 Å². The SMILES string of the molecule is COC(C(O)CCC(C)(C)C)C1CC1. The Kier molecular flexibility index (Phi) is 3.96. The topological polar surface area (TPSA) is 29.5 Å². The van der Waals surface area contributed by atoms with Crippen LogP contribution in [0.25, 0.3) is 0 Å². The van der Waals surface area contributed by atoms with Gasteiger partial charge in [-0.05, 0) is 37.0 Å². The van der Waals surface area contributed by atoms with Gasteiger partial charge in [0, 0.05) is 7.11 Å². The monoisotopic (exact) mass is 200 g/mol. The van der Waals surface area contributed by atoms with Gasteiger partial charge >= 0.3 is 0 Å². The predicted molar refractivity (Wildman–Crippen MR) is 58.2 cm³/mol. The first-order valence-electron chi connectivity index (χ1n) is 5.65. The molecule has 0 aromatic carbocycles. The molecule has 2 nitrogen and oxygen atoms in total. The molecule has 0 saturated heterocycles. The molecule has 0 aromatic heterocycles. The quantitative estimate of drug-likeness (QED) is 0.739. The van der Waals surface area contributed by atoms with Crippen LogP contribution in [0.3, 0.4) is 0 Å². The van der Waals surface area contributed by atoms with Gasteiger partial charge in [0.05, 0.1) is 12.2 Å². The lowest BCUT2D eigenvalue weighted by Gasteiger charge is -2.25. The molecule has 2 unspecified atom stereocenters. The van der Waals surface area contributed by atoms with Crippen LogP contribution < -0.4 is 0 Å². The number of hydrogen-bond donors (Lipinski definition) is 1. The van der Waals surface area contributed by atoms with Gasteiger partial charge in [-0.3, -0.25) is 0 Å². The number of rotatable bonds is 5. The summed E-state index contributed by atoms with van der Waals surface area (Å²) in [5.74, 6) is 0.620. The summed E-state index contributed by atoms with van der Waals surface area (Å²) in [6.07, 6.45) is 4.18. The molecule has 0 aliphatic heterocycles. The molecule has 0 aromatic rings. The van der Waals surface area contributed by atoms with Crippen LogP contribution in [0, 0.1) is 11.3 Å². The highest BCUT2D eigenvalue weighted by Gasteiger charge is 2.36. The Hall–Kier alpha value is -0.0800. The largest absolute Gasteiger partial charge is 0.390 e. The number of aliphatic hydroxyl groups is 1. The van der Waals surface area contributed by atoms with E-state index in [0.29, 0.717) is 11.3 Å². The van der Waals surface area contributed by atoms with E-state index in [1.165, 1.54) is 12.8 Å². The fourth-order valence-corrected chi connectivity index (χ4v) is 1.83. The summed E-state index contributed by atoms with van der Waals surface area (Å²) in [6.45, 7) is 6.62. The summed E-state index contributed by atoms with van der Waals surface area (Å²) in [5, 5.41) is 9.96. The maximum Gasteiger partial charge on any atom is 0.0858 e. The van der Waals surface area contributed by atoms with Crippen molar-refractivity contribution in [1.29, 1.82) is 0 Å². The molecule has 1 rings (SSSR count). The van der Waals surface area contributed by atoms with Crippen LogP contribution in [0.1, 0.15) is 46.5 Å². The molecule has 1 aliphatic rings. The Bertz CT molecular complexity index is 168. The van der Waals surface area contributed by atoms with E-state index < -0.39 is 0 Å². The summed E-state index contributed by atoms with van der Waals surface area (Å²) in [4.78, 5) is 0. The molecule has 84 valence electrons. The zero-order chi connectivity index (χ0) is 10.8. The zero-order valence-electron chi connectivity index (χ0n) is 9.92. The van der Waals surface area contributed by atoms with Crippen molar-refractivity contribution in [3.05, 3.63) is 0 Å². The molecule has 1 saturated carbocycles. The Morgan fingerprint density at radius 3 is 2.29 bits per heavy atom. The number of aliphatic hydroxyl groups excluding tert-OH is 1. The smallest absolute Gasteiger partial charge is 0.0858 e. The second-order valence-electron chi connectivity index (χ2n) is 5.70. The lowest BCUT2D eigenvalue weighted by Crippen LogP contribution is -2.30. The van der Waals surface area contributed by atoms with E-state index in [2.05, 4.69) is 20.8 Å². The summed E-state index contributed by atoms with van der Waals surface area (Å²) < 4.78 is 5.35. The molecular formula is C12H24O2. The van der Waals surface area contributed by atoms with Crippen LogP contribution in [0.15, 0.2) is 0 Å². The maximum atomic E-state index is 9.96. The standard InChI is InChI=1S/C12H24O2/c1-12(2,3)8-7-10(13)11(14-4)9-5-6-9/h9-11,13H,5-8H2,1-4H3. The predicted octanol–water partition coefficient (Wildman–Crippen LogP) is 2.60. The van der Waals surface area contributed by atoms with Crippen molar-refractivity contribution in [1.82, 2.24) is 0 Å². The van der Waals surface area contributed by atoms with Gasteiger partial charge in [-0.1, -0.05) is 20.8 Å². The number of hydrogen-bond acceptors (Lipinski definition) is 2. The van der Waals surface area contributed by atoms with E-state index in [1.54, 1.807) is 7.11 Å². The second kappa shape index (κ2) is 4.63. The Morgan fingerprint density at radius 1 is 1.36 bits per heavy atom. The lowest BCUT2D eigenvalue weighted by atomic mass is 9.88. The fraction of sp³-hybridized carbons (Fsp3) is 1.00. The van der Waals surface area contributed by atoms with Crippen LogP contribution in [0.4, 0.5) is 0 Å². The lowest BCUT2D eigenvalue weighted by molar-refractivity contribution is -0.0319. The van der Waals surface area contributed by atoms with Crippen LogP contribution in [-0.4, -0.2) is 24.4 Å². The highest BCUT2D eigenvalue weighted by atomic mass is 16.5. The van der Waals surface area contributed by atoms with E-state index in [-0.39, 0.29) is 12.2 Å². The molecule has 1 N–H and O–H groups in total. The molecule has 14 heavy (non-hydrogen) atoms. The van der Waals surface area contributed by atoms with Crippen molar-refractivity contribution in [3.8, 4) is 0 Å². The van der Waals surface area contributed by atoms with Crippen molar-refractivity contribution >= 4 is 0 Å². The van der Waals surface area contributed by atoms with Gasteiger partial charge in [0.2, 0.25) is 0 Å². The molecule has 1 aliphatic carbocycles. The van der Waals surface area contributed by atoms with Gasteiger partial charge < -0.3 is 9.84 Å². The van der Waals surface area contributed by atoms with Gasteiger partial charge in [-0.2, -0.15) is 0 Å². The van der Waals surface area contributed by atoms with Crippen LogP contribution >= 0.6 is 0 Å². The number of methoxy groups -OCH3 is 1. The summed E-state index contributed by atoms with van der Waals surface area (Å²) in [7, 11) is 1.71. The van der Waals surface area contributed by atoms with E-state index in [0.717, 1.165) is 12.8 Å². The minimum Gasteiger partial charge on any atom is -0.390 e. The first-order chi connectivity index (χ1) is 6.44. The molecule has 0 amide bonds. The highest BCUT2D eigenvalue weighted by molar-refractivity contribution is 4.87. The summed E-state index contributed by atoms with van der Waals surface area (Å²) in [5.41, 5.74) is 0.308. The minimum absolute atomic E-state index is 0.0809. The molecule has 2 heteroatoms. The van der Waals surface area contributed by atoms with Crippen molar-refractivity contribution in [2.24, 2.45) is 11.3 Å². The Balaban J connectivity index is 2.28. The normalized spacial score (nSPS) is 22.1. The van der Waals surface area contributed by atoms with Crippen molar-refractivity contribution in [2.45, 2.75) is 58.7 Å². The van der Waals surface area contributed by atoms with Crippen LogP contribution in [0.5, 0.6) is 0 Å². The Labute approximate surface area is 87.7 Å². The van der Waals surface area contributed by atoms with Gasteiger partial charge in [0.15, 0.2) is 0 Å². The van der Waals surface area contributed by atoms with E-state index in [4.69, 9.17) is 4.74 Å². The van der Waals surface area contributed by atoms with Gasteiger partial charge in [-0.15, -0.1) is 0 Å². The van der Waals surface area contributed by atoms with Gasteiger partial charge in [0.25, 0.3) is 0 Å². The third kappa shape index (κ3) is 3.97. The van der Waals surface area contributed by atoms with Crippen molar-refractivity contribution in [3.63, 3.8) is 0 Å². The molecule has 0 spiro atoms. The highest BCUT2D eigenvalue weighted by Crippen LogP contribution is 2.37. The van der Waals surface area contributed by atoms with E-state index in [9.17, 15) is 5.11 Å². The average molecular weight is 200 g/mol. The molecular weight excluding hydrogens is 176 g/mol. The van der Waals surface area contributed by atoms with Crippen molar-refractivity contribution in [2.75, 3.05) is 7.11 Å². The molecule has 1 fully saturated rings. The fourth-order valence-electron chi connectivity index (χ4n) is 1.83. The molecule has 0 bridgehead atoms. The molecule has 0 heterocycles. The average Bonchev–Trinajstić information content (AvgIpc) is 2.85. The maximum absolute atomic E-state index is 9.96. The Morgan fingerprint density at radius 2 is 1.93 bits per heavy atom. The third-order valence-corrected chi connectivity index (χ3v) is 2.93. The number of ether oxygens (including phenoxy) is 1. The van der Waals surface area contributed by atoms with Crippen LogP contribution in [-0.2, 0) is 4.74 Å². The first kappa shape index (κ1) is 12.0. The molecule has 2 atom stereocenters. The summed E-state index contributed by atoms with van der Waals surface area (Å²) >= 11 is 0. The minimum atomic E-state index is -0.272. The first-order valence-corrected chi connectivity index (χ1v) is 5.65.